The molecule has 0 unspecified atom stereocenters. The van der Waals surface area contributed by atoms with Crippen LogP contribution in [0.1, 0.15) is 12.0 Å². The fourth-order valence-electron chi connectivity index (χ4n) is 2.07. The fraction of sp³-hybridized carbons (Fsp3) is 0.357. The number of carbonyl (C=O) groups is 1. The van der Waals surface area contributed by atoms with Crippen molar-refractivity contribution >= 4 is 35.4 Å². The van der Waals surface area contributed by atoms with Gasteiger partial charge in [-0.2, -0.15) is 0 Å². The molecule has 1 aliphatic heterocycles. The monoisotopic (exact) mass is 320 g/mol. The van der Waals surface area contributed by atoms with E-state index in [1.165, 1.54) is 5.56 Å². The average Bonchev–Trinajstić information content (AvgIpc) is 2.92. The summed E-state index contributed by atoms with van der Waals surface area (Å²) in [5.41, 5.74) is 1.23. The molecule has 0 spiro atoms. The molecule has 0 saturated heterocycles. The third-order valence-corrected chi connectivity index (χ3v) is 5.13. The highest BCUT2D eigenvalue weighted by Crippen LogP contribution is 2.25. The molecule has 0 radical (unpaired) electrons. The zero-order chi connectivity index (χ0) is 14.5. The van der Waals surface area contributed by atoms with Crippen molar-refractivity contribution in [3.05, 3.63) is 35.9 Å². The summed E-state index contributed by atoms with van der Waals surface area (Å²) in [6.07, 6.45) is 1.08. The van der Waals surface area contributed by atoms with Crippen molar-refractivity contribution in [2.24, 2.45) is 0 Å². The van der Waals surface area contributed by atoms with Crippen LogP contribution in [0, 0.1) is 0 Å². The van der Waals surface area contributed by atoms with Crippen LogP contribution in [0.4, 0.5) is 5.95 Å². The maximum absolute atomic E-state index is 12.0. The number of anilines is 1. The SMILES string of the molecule is O=C(CSCc1ccccc1)Nc1nnc2n1CCCS2. The van der Waals surface area contributed by atoms with Crippen LogP contribution in [0.15, 0.2) is 35.5 Å². The van der Waals surface area contributed by atoms with Crippen LogP contribution in [0.5, 0.6) is 0 Å². The highest BCUT2D eigenvalue weighted by atomic mass is 32.2. The molecule has 1 aliphatic rings. The summed E-state index contributed by atoms with van der Waals surface area (Å²) in [5.74, 6) is 2.87. The first-order valence-corrected chi connectivity index (χ1v) is 8.94. The van der Waals surface area contributed by atoms with Crippen molar-refractivity contribution in [1.82, 2.24) is 14.8 Å². The van der Waals surface area contributed by atoms with Gasteiger partial charge in [0.05, 0.1) is 5.75 Å². The second-order valence-corrected chi connectivity index (χ2v) is 6.73. The van der Waals surface area contributed by atoms with Crippen LogP contribution >= 0.6 is 23.5 Å². The lowest BCUT2D eigenvalue weighted by molar-refractivity contribution is -0.113. The number of carbonyl (C=O) groups excluding carboxylic acids is 1. The Morgan fingerprint density at radius 1 is 1.33 bits per heavy atom. The maximum Gasteiger partial charge on any atom is 0.236 e. The van der Waals surface area contributed by atoms with Crippen LogP contribution in [0.2, 0.25) is 0 Å². The Morgan fingerprint density at radius 2 is 2.19 bits per heavy atom. The minimum absolute atomic E-state index is 0.0262. The first kappa shape index (κ1) is 14.5. The number of nitrogens with zero attached hydrogens (tertiary/aromatic N) is 3. The van der Waals surface area contributed by atoms with E-state index in [9.17, 15) is 4.79 Å². The normalized spacial score (nSPS) is 13.7. The van der Waals surface area contributed by atoms with E-state index in [0.717, 1.165) is 29.6 Å². The largest absolute Gasteiger partial charge is 0.294 e. The number of hydrogen-bond acceptors (Lipinski definition) is 5. The second-order valence-electron chi connectivity index (χ2n) is 4.69. The third kappa shape index (κ3) is 3.79. The fourth-order valence-corrected chi connectivity index (χ4v) is 3.75. The minimum Gasteiger partial charge on any atom is -0.294 e. The average molecular weight is 320 g/mol. The van der Waals surface area contributed by atoms with Gasteiger partial charge in [-0.15, -0.1) is 22.0 Å². The van der Waals surface area contributed by atoms with Crippen LogP contribution in [0.3, 0.4) is 0 Å². The first-order valence-electron chi connectivity index (χ1n) is 6.80. The molecule has 2 heterocycles. The summed E-state index contributed by atoms with van der Waals surface area (Å²) in [5, 5.41) is 11.9. The number of fused-ring (bicyclic) bond motifs is 1. The van der Waals surface area contributed by atoms with Crippen molar-refractivity contribution in [3.63, 3.8) is 0 Å². The zero-order valence-corrected chi connectivity index (χ0v) is 13.1. The topological polar surface area (TPSA) is 59.8 Å². The number of nitrogens with one attached hydrogen (secondary N) is 1. The molecule has 7 heteroatoms. The van der Waals surface area contributed by atoms with Crippen molar-refractivity contribution in [3.8, 4) is 0 Å². The van der Waals surface area contributed by atoms with E-state index in [1.807, 2.05) is 22.8 Å². The summed E-state index contributed by atoms with van der Waals surface area (Å²) < 4.78 is 1.98. The van der Waals surface area contributed by atoms with Crippen LogP contribution in [-0.2, 0) is 17.1 Å². The number of benzene rings is 1. The van der Waals surface area contributed by atoms with Crippen molar-refractivity contribution in [1.29, 1.82) is 0 Å². The molecule has 3 rings (SSSR count). The molecular formula is C14H16N4OS2. The summed E-state index contributed by atoms with van der Waals surface area (Å²) in [6.45, 7) is 0.877. The summed E-state index contributed by atoms with van der Waals surface area (Å²) in [4.78, 5) is 12.0. The van der Waals surface area contributed by atoms with Gasteiger partial charge < -0.3 is 0 Å². The second kappa shape index (κ2) is 7.00. The number of rotatable bonds is 5. The molecule has 0 fully saturated rings. The predicted octanol–water partition coefficient (Wildman–Crippen LogP) is 2.65. The van der Waals surface area contributed by atoms with Crippen LogP contribution in [0.25, 0.3) is 0 Å². The summed E-state index contributed by atoms with van der Waals surface area (Å²) >= 11 is 3.28. The van der Waals surface area contributed by atoms with Crippen molar-refractivity contribution in [2.45, 2.75) is 23.9 Å². The molecule has 0 aliphatic carbocycles. The van der Waals surface area contributed by atoms with Gasteiger partial charge in [0.25, 0.3) is 0 Å². The van der Waals surface area contributed by atoms with Gasteiger partial charge in [0, 0.05) is 18.1 Å². The first-order chi connectivity index (χ1) is 10.3. The van der Waals surface area contributed by atoms with Crippen molar-refractivity contribution < 1.29 is 4.79 Å². The highest BCUT2D eigenvalue weighted by molar-refractivity contribution is 7.99. The summed E-state index contributed by atoms with van der Waals surface area (Å²) in [6, 6.07) is 10.1. The van der Waals surface area contributed by atoms with E-state index in [4.69, 9.17) is 0 Å². The van der Waals surface area contributed by atoms with Gasteiger partial charge in [-0.05, 0) is 12.0 Å². The van der Waals surface area contributed by atoms with Gasteiger partial charge in [0.2, 0.25) is 11.9 Å². The lowest BCUT2D eigenvalue weighted by atomic mass is 10.2. The van der Waals surface area contributed by atoms with Gasteiger partial charge in [-0.3, -0.25) is 14.7 Å². The molecule has 21 heavy (non-hydrogen) atoms. The molecule has 1 amide bonds. The Bertz CT molecular complexity index is 615. The number of thioether (sulfide) groups is 2. The molecule has 110 valence electrons. The molecular weight excluding hydrogens is 304 g/mol. The van der Waals surface area contributed by atoms with Gasteiger partial charge in [-0.25, -0.2) is 0 Å². The van der Waals surface area contributed by atoms with E-state index in [2.05, 4.69) is 27.6 Å². The highest BCUT2D eigenvalue weighted by Gasteiger charge is 2.17. The Hall–Kier alpha value is -1.47. The minimum atomic E-state index is -0.0262. The van der Waals surface area contributed by atoms with E-state index in [0.29, 0.717) is 11.7 Å². The molecule has 2 aromatic rings. The van der Waals surface area contributed by atoms with E-state index in [-0.39, 0.29) is 5.91 Å². The quantitative estimate of drug-likeness (QED) is 0.918. The van der Waals surface area contributed by atoms with Crippen molar-refractivity contribution in [2.75, 3.05) is 16.8 Å². The molecule has 1 N–H and O–H groups in total. The summed E-state index contributed by atoms with van der Waals surface area (Å²) in [7, 11) is 0. The lowest BCUT2D eigenvalue weighted by Gasteiger charge is -2.14. The Balaban J connectivity index is 1.49. The standard InChI is InChI=1S/C14H16N4OS2/c19-12(10-20-9-11-5-2-1-3-6-11)15-13-16-17-14-18(13)7-4-8-21-14/h1-3,5-6H,4,7-10H2,(H,15,16,19). The van der Waals surface area contributed by atoms with E-state index >= 15 is 0 Å². The molecule has 0 bridgehead atoms. The smallest absolute Gasteiger partial charge is 0.236 e. The number of hydrogen-bond donors (Lipinski definition) is 1. The molecule has 1 aromatic carbocycles. The van der Waals surface area contributed by atoms with E-state index in [1.54, 1.807) is 23.5 Å². The molecule has 5 nitrogen and oxygen atoms in total. The molecule has 0 saturated carbocycles. The van der Waals surface area contributed by atoms with E-state index < -0.39 is 0 Å². The van der Waals surface area contributed by atoms with Gasteiger partial charge in [0.15, 0.2) is 5.16 Å². The molecule has 0 atom stereocenters. The lowest BCUT2D eigenvalue weighted by Crippen LogP contribution is -2.19. The third-order valence-electron chi connectivity index (χ3n) is 3.07. The molecule has 1 aromatic heterocycles. The Kier molecular flexibility index (Phi) is 4.82. The Labute approximate surface area is 131 Å². The van der Waals surface area contributed by atoms with Crippen LogP contribution < -0.4 is 5.32 Å². The number of aromatic nitrogens is 3. The Morgan fingerprint density at radius 3 is 3.05 bits per heavy atom. The van der Waals surface area contributed by atoms with Gasteiger partial charge >= 0.3 is 0 Å². The van der Waals surface area contributed by atoms with Crippen LogP contribution in [-0.4, -0.2) is 32.2 Å². The predicted molar refractivity (Wildman–Crippen MR) is 86.6 cm³/mol. The maximum atomic E-state index is 12.0. The van der Waals surface area contributed by atoms with Gasteiger partial charge in [-0.1, -0.05) is 42.1 Å². The zero-order valence-electron chi connectivity index (χ0n) is 11.5. The van der Waals surface area contributed by atoms with Gasteiger partial charge in [0.1, 0.15) is 0 Å². The number of amides is 1.